The van der Waals surface area contributed by atoms with Gasteiger partial charge in [-0.05, 0) is 35.7 Å². The first-order valence-corrected chi connectivity index (χ1v) is 7.10. The van der Waals surface area contributed by atoms with Crippen LogP contribution in [0.15, 0.2) is 36.4 Å². The van der Waals surface area contributed by atoms with Gasteiger partial charge in [-0.25, -0.2) is 13.2 Å². The predicted molar refractivity (Wildman–Crippen MR) is 78.6 cm³/mol. The van der Waals surface area contributed by atoms with Gasteiger partial charge in [0.2, 0.25) is 0 Å². The molecule has 2 rings (SSSR count). The summed E-state index contributed by atoms with van der Waals surface area (Å²) >= 11 is 0. The molecule has 22 heavy (non-hydrogen) atoms. The van der Waals surface area contributed by atoms with Gasteiger partial charge in [-0.1, -0.05) is 24.3 Å². The fourth-order valence-electron chi connectivity index (χ4n) is 2.13. The summed E-state index contributed by atoms with van der Waals surface area (Å²) in [6.45, 7) is 3.86. The van der Waals surface area contributed by atoms with Crippen molar-refractivity contribution in [1.82, 2.24) is 5.32 Å². The SMILES string of the molecule is CCOCc1ccccc1CNCc1cc(F)c(F)c(F)c1. The largest absolute Gasteiger partial charge is 0.377 e. The standard InChI is InChI=1S/C17H18F3NO/c1-2-22-11-14-6-4-3-5-13(14)10-21-9-12-7-15(18)17(20)16(19)8-12/h3-8,21H,2,9-11H2,1H3. The summed E-state index contributed by atoms with van der Waals surface area (Å²) in [5.74, 6) is -3.78. The van der Waals surface area contributed by atoms with Gasteiger partial charge in [0, 0.05) is 19.7 Å². The van der Waals surface area contributed by atoms with E-state index in [4.69, 9.17) is 4.74 Å². The van der Waals surface area contributed by atoms with E-state index in [1.54, 1.807) is 0 Å². The zero-order valence-corrected chi connectivity index (χ0v) is 12.3. The van der Waals surface area contributed by atoms with Crippen LogP contribution in [0.25, 0.3) is 0 Å². The van der Waals surface area contributed by atoms with E-state index in [1.165, 1.54) is 0 Å². The number of hydrogen-bond donors (Lipinski definition) is 1. The fourth-order valence-corrected chi connectivity index (χ4v) is 2.13. The van der Waals surface area contributed by atoms with Crippen molar-refractivity contribution in [3.05, 3.63) is 70.5 Å². The maximum Gasteiger partial charge on any atom is 0.194 e. The van der Waals surface area contributed by atoms with E-state index < -0.39 is 17.5 Å². The van der Waals surface area contributed by atoms with Crippen LogP contribution in [-0.2, 0) is 24.4 Å². The molecule has 1 N–H and O–H groups in total. The molecular formula is C17H18F3NO. The molecule has 2 nitrogen and oxygen atoms in total. The number of ether oxygens (including phenoxy) is 1. The first-order valence-electron chi connectivity index (χ1n) is 7.10. The molecule has 0 aliphatic carbocycles. The van der Waals surface area contributed by atoms with Crippen LogP contribution < -0.4 is 5.32 Å². The third-order valence-electron chi connectivity index (χ3n) is 3.27. The van der Waals surface area contributed by atoms with Crippen LogP contribution in [0.4, 0.5) is 13.2 Å². The normalized spacial score (nSPS) is 10.9. The van der Waals surface area contributed by atoms with E-state index >= 15 is 0 Å². The second kappa shape index (κ2) is 7.96. The number of benzene rings is 2. The van der Waals surface area contributed by atoms with E-state index in [9.17, 15) is 13.2 Å². The highest BCUT2D eigenvalue weighted by Gasteiger charge is 2.10. The van der Waals surface area contributed by atoms with Gasteiger partial charge in [0.05, 0.1) is 6.61 Å². The van der Waals surface area contributed by atoms with E-state index in [-0.39, 0.29) is 6.54 Å². The second-order valence-electron chi connectivity index (χ2n) is 4.88. The van der Waals surface area contributed by atoms with E-state index in [1.807, 2.05) is 31.2 Å². The topological polar surface area (TPSA) is 21.3 Å². The van der Waals surface area contributed by atoms with Crippen molar-refractivity contribution in [3.8, 4) is 0 Å². The average Bonchev–Trinajstić information content (AvgIpc) is 2.51. The lowest BCUT2D eigenvalue weighted by Crippen LogP contribution is -2.15. The molecular weight excluding hydrogens is 291 g/mol. The second-order valence-corrected chi connectivity index (χ2v) is 4.88. The van der Waals surface area contributed by atoms with Crippen LogP contribution in [-0.4, -0.2) is 6.61 Å². The predicted octanol–water partition coefficient (Wildman–Crippen LogP) is 3.93. The van der Waals surface area contributed by atoms with Crippen LogP contribution in [0.2, 0.25) is 0 Å². The molecule has 2 aromatic carbocycles. The minimum Gasteiger partial charge on any atom is -0.377 e. The zero-order chi connectivity index (χ0) is 15.9. The summed E-state index contributed by atoms with van der Waals surface area (Å²) in [6.07, 6.45) is 0. The molecule has 0 aliphatic rings. The van der Waals surface area contributed by atoms with Crippen LogP contribution in [0, 0.1) is 17.5 Å². The van der Waals surface area contributed by atoms with Crippen LogP contribution in [0.5, 0.6) is 0 Å². The van der Waals surface area contributed by atoms with Gasteiger partial charge in [-0.15, -0.1) is 0 Å². The quantitative estimate of drug-likeness (QED) is 0.783. The third-order valence-corrected chi connectivity index (χ3v) is 3.27. The van der Waals surface area contributed by atoms with Crippen LogP contribution in [0.3, 0.4) is 0 Å². The average molecular weight is 309 g/mol. The molecule has 118 valence electrons. The molecule has 0 spiro atoms. The maximum absolute atomic E-state index is 13.1. The molecule has 0 amide bonds. The fraction of sp³-hybridized carbons (Fsp3) is 0.294. The Balaban J connectivity index is 1.97. The lowest BCUT2D eigenvalue weighted by atomic mass is 10.1. The van der Waals surface area contributed by atoms with Crippen LogP contribution in [0.1, 0.15) is 23.6 Å². The van der Waals surface area contributed by atoms with Gasteiger partial charge in [0.1, 0.15) is 0 Å². The highest BCUT2D eigenvalue weighted by atomic mass is 19.2. The van der Waals surface area contributed by atoms with Crippen LogP contribution >= 0.6 is 0 Å². The van der Waals surface area contributed by atoms with Gasteiger partial charge in [-0.3, -0.25) is 0 Å². The van der Waals surface area contributed by atoms with Gasteiger partial charge in [-0.2, -0.15) is 0 Å². The minimum atomic E-state index is -1.44. The molecule has 0 aliphatic heterocycles. The summed E-state index contributed by atoms with van der Waals surface area (Å²) in [6, 6.07) is 9.79. The molecule has 0 aromatic heterocycles. The molecule has 2 aromatic rings. The van der Waals surface area contributed by atoms with Crippen molar-refractivity contribution in [3.63, 3.8) is 0 Å². The summed E-state index contributed by atoms with van der Waals surface area (Å²) in [5, 5.41) is 3.10. The highest BCUT2D eigenvalue weighted by Crippen LogP contribution is 2.14. The smallest absolute Gasteiger partial charge is 0.194 e. The highest BCUT2D eigenvalue weighted by molar-refractivity contribution is 5.26. The molecule has 0 heterocycles. The van der Waals surface area contributed by atoms with E-state index in [0.717, 1.165) is 23.3 Å². The number of hydrogen-bond acceptors (Lipinski definition) is 2. The van der Waals surface area contributed by atoms with E-state index in [2.05, 4.69) is 5.32 Å². The first kappa shape index (κ1) is 16.5. The Morgan fingerprint density at radius 2 is 1.59 bits per heavy atom. The number of halogens is 3. The van der Waals surface area contributed by atoms with Crippen molar-refractivity contribution < 1.29 is 17.9 Å². The number of rotatable bonds is 7. The lowest BCUT2D eigenvalue weighted by molar-refractivity contribution is 0.133. The van der Waals surface area contributed by atoms with E-state index in [0.29, 0.717) is 25.3 Å². The number of nitrogens with one attached hydrogen (secondary N) is 1. The van der Waals surface area contributed by atoms with Gasteiger partial charge < -0.3 is 10.1 Å². The Morgan fingerprint density at radius 1 is 0.955 bits per heavy atom. The Bertz CT molecular complexity index is 608. The summed E-state index contributed by atoms with van der Waals surface area (Å²) in [4.78, 5) is 0. The molecule has 0 saturated carbocycles. The maximum atomic E-state index is 13.1. The van der Waals surface area contributed by atoms with Crippen molar-refractivity contribution in [2.75, 3.05) is 6.61 Å². The molecule has 0 radical (unpaired) electrons. The van der Waals surface area contributed by atoms with Gasteiger partial charge in [0.15, 0.2) is 17.5 Å². The van der Waals surface area contributed by atoms with Crippen molar-refractivity contribution in [2.24, 2.45) is 0 Å². The minimum absolute atomic E-state index is 0.247. The summed E-state index contributed by atoms with van der Waals surface area (Å²) < 4.78 is 44.6. The zero-order valence-electron chi connectivity index (χ0n) is 12.3. The van der Waals surface area contributed by atoms with Gasteiger partial charge >= 0.3 is 0 Å². The van der Waals surface area contributed by atoms with Crippen molar-refractivity contribution >= 4 is 0 Å². The third kappa shape index (κ3) is 4.32. The first-order chi connectivity index (χ1) is 10.6. The Morgan fingerprint density at radius 3 is 2.23 bits per heavy atom. The Kier molecular flexibility index (Phi) is 5.98. The molecule has 0 fully saturated rings. The monoisotopic (exact) mass is 309 g/mol. The molecule has 0 unspecified atom stereocenters. The molecule has 0 atom stereocenters. The Labute approximate surface area is 127 Å². The molecule has 0 saturated heterocycles. The Hall–Kier alpha value is -1.85. The lowest BCUT2D eigenvalue weighted by Gasteiger charge is -2.11. The van der Waals surface area contributed by atoms with Crippen molar-refractivity contribution in [2.45, 2.75) is 26.6 Å². The summed E-state index contributed by atoms with van der Waals surface area (Å²) in [7, 11) is 0. The van der Waals surface area contributed by atoms with Crippen molar-refractivity contribution in [1.29, 1.82) is 0 Å². The van der Waals surface area contributed by atoms with Gasteiger partial charge in [0.25, 0.3) is 0 Å². The summed E-state index contributed by atoms with van der Waals surface area (Å²) in [5.41, 5.74) is 2.48. The molecule has 0 bridgehead atoms. The molecule has 5 heteroatoms.